The Morgan fingerprint density at radius 1 is 0.933 bits per heavy atom. The summed E-state index contributed by atoms with van der Waals surface area (Å²) in [5.74, 6) is 0. The van der Waals surface area contributed by atoms with Crippen LogP contribution in [0.4, 0.5) is 0 Å². The summed E-state index contributed by atoms with van der Waals surface area (Å²) in [5, 5.41) is 3.78. The lowest BCUT2D eigenvalue weighted by Gasteiger charge is -2.43. The second kappa shape index (κ2) is 4.06. The Morgan fingerprint density at radius 3 is 2.47 bits per heavy atom. The van der Waals surface area contributed by atoms with Crippen LogP contribution in [0.5, 0.6) is 0 Å². The quantitative estimate of drug-likeness (QED) is 0.755. The summed E-state index contributed by atoms with van der Waals surface area (Å²) in [6.45, 7) is 0.990. The Labute approximate surface area is 92.8 Å². The third kappa shape index (κ3) is 2.36. The Morgan fingerprint density at radius 2 is 1.73 bits per heavy atom. The maximum absolute atomic E-state index is 6.10. The third-order valence-electron chi connectivity index (χ3n) is 4.31. The van der Waals surface area contributed by atoms with E-state index in [2.05, 4.69) is 5.32 Å². The van der Waals surface area contributed by atoms with Gasteiger partial charge in [-0.05, 0) is 38.5 Å². The molecule has 0 bridgehead atoms. The van der Waals surface area contributed by atoms with E-state index < -0.39 is 0 Å². The monoisotopic (exact) mass is 209 g/mol. The van der Waals surface area contributed by atoms with E-state index in [-0.39, 0.29) is 5.60 Å². The maximum atomic E-state index is 6.10. The molecule has 2 aliphatic carbocycles. The molecule has 0 aromatic carbocycles. The Hall–Kier alpha value is -0.0800. The minimum absolute atomic E-state index is 0.281. The molecule has 0 radical (unpaired) electrons. The van der Waals surface area contributed by atoms with Crippen molar-refractivity contribution >= 4 is 0 Å². The summed E-state index contributed by atoms with van der Waals surface area (Å²) in [4.78, 5) is 0. The lowest BCUT2D eigenvalue weighted by atomic mass is 9.78. The largest absolute Gasteiger partial charge is 0.375 e. The first-order valence-electron chi connectivity index (χ1n) is 6.76. The van der Waals surface area contributed by atoms with Gasteiger partial charge in [0.15, 0.2) is 0 Å². The van der Waals surface area contributed by atoms with Crippen molar-refractivity contribution in [3.63, 3.8) is 0 Å². The minimum atomic E-state index is 0.281. The van der Waals surface area contributed by atoms with Crippen molar-refractivity contribution in [1.82, 2.24) is 5.32 Å². The van der Waals surface area contributed by atoms with E-state index in [1.165, 1.54) is 57.8 Å². The Kier molecular flexibility index (Phi) is 2.73. The minimum Gasteiger partial charge on any atom is -0.375 e. The highest BCUT2D eigenvalue weighted by atomic mass is 16.5. The number of hydrogen-bond donors (Lipinski definition) is 1. The fourth-order valence-corrected chi connectivity index (χ4v) is 3.30. The van der Waals surface area contributed by atoms with E-state index in [4.69, 9.17) is 4.74 Å². The second-order valence-electron chi connectivity index (χ2n) is 5.72. The molecule has 2 saturated carbocycles. The highest BCUT2D eigenvalue weighted by Crippen LogP contribution is 2.39. The van der Waals surface area contributed by atoms with E-state index in [0.29, 0.717) is 0 Å². The lowest BCUT2D eigenvalue weighted by Crippen LogP contribution is -2.48. The molecular formula is C13H23NO. The molecule has 1 unspecified atom stereocenters. The molecule has 3 fully saturated rings. The summed E-state index contributed by atoms with van der Waals surface area (Å²) in [6.07, 6.45) is 12.2. The number of hydrogen-bond acceptors (Lipinski definition) is 2. The zero-order chi connectivity index (χ0) is 10.1. The van der Waals surface area contributed by atoms with Crippen molar-refractivity contribution in [1.29, 1.82) is 0 Å². The van der Waals surface area contributed by atoms with Gasteiger partial charge in [-0.25, -0.2) is 0 Å². The molecule has 2 nitrogen and oxygen atoms in total. The predicted molar refractivity (Wildman–Crippen MR) is 60.9 cm³/mol. The molecule has 1 spiro atoms. The molecule has 2 heteroatoms. The van der Waals surface area contributed by atoms with Crippen LogP contribution in [-0.2, 0) is 4.74 Å². The zero-order valence-electron chi connectivity index (χ0n) is 9.63. The first-order chi connectivity index (χ1) is 7.36. The molecule has 1 atom stereocenters. The highest BCUT2D eigenvalue weighted by molar-refractivity contribution is 4.94. The molecular weight excluding hydrogens is 186 g/mol. The van der Waals surface area contributed by atoms with Crippen LogP contribution in [0.2, 0.25) is 0 Å². The molecule has 0 aromatic rings. The van der Waals surface area contributed by atoms with Gasteiger partial charge in [0, 0.05) is 18.7 Å². The summed E-state index contributed by atoms with van der Waals surface area (Å²) in [7, 11) is 0. The van der Waals surface area contributed by atoms with Crippen molar-refractivity contribution in [2.45, 2.75) is 75.5 Å². The molecule has 86 valence electrons. The van der Waals surface area contributed by atoms with Gasteiger partial charge in [-0.2, -0.15) is 0 Å². The van der Waals surface area contributed by atoms with E-state index in [1.54, 1.807) is 0 Å². The van der Waals surface area contributed by atoms with E-state index >= 15 is 0 Å². The van der Waals surface area contributed by atoms with E-state index in [1.807, 2.05) is 0 Å². The average molecular weight is 209 g/mol. The molecule has 3 rings (SSSR count). The van der Waals surface area contributed by atoms with Gasteiger partial charge in [-0.3, -0.25) is 0 Å². The fourth-order valence-electron chi connectivity index (χ4n) is 3.30. The van der Waals surface area contributed by atoms with Crippen molar-refractivity contribution in [3.8, 4) is 0 Å². The normalized spacial score (nSPS) is 35.6. The van der Waals surface area contributed by atoms with Gasteiger partial charge in [0.25, 0.3) is 0 Å². The number of rotatable bonds is 2. The molecule has 0 amide bonds. The van der Waals surface area contributed by atoms with Crippen LogP contribution in [0.3, 0.4) is 0 Å². The number of nitrogens with one attached hydrogen (secondary N) is 1. The Bertz CT molecular complexity index is 213. The molecule has 1 N–H and O–H groups in total. The average Bonchev–Trinajstić information content (AvgIpc) is 3.03. The van der Waals surface area contributed by atoms with Crippen LogP contribution >= 0.6 is 0 Å². The molecule has 0 aromatic heterocycles. The van der Waals surface area contributed by atoms with Gasteiger partial charge in [0.05, 0.1) is 5.60 Å². The zero-order valence-corrected chi connectivity index (χ0v) is 9.63. The van der Waals surface area contributed by atoms with Crippen LogP contribution in [0.1, 0.15) is 57.8 Å². The standard InChI is InChI=1S/C13H23NO/c1-2-7-13(8-3-1)10-12(6-9-15-13)14-11-4-5-11/h11-12,14H,1-10H2. The van der Waals surface area contributed by atoms with Crippen LogP contribution in [-0.4, -0.2) is 24.3 Å². The molecule has 1 saturated heterocycles. The second-order valence-corrected chi connectivity index (χ2v) is 5.72. The lowest BCUT2D eigenvalue weighted by molar-refractivity contribution is -0.109. The molecule has 1 heterocycles. The summed E-state index contributed by atoms with van der Waals surface area (Å²) in [5.41, 5.74) is 0.281. The van der Waals surface area contributed by atoms with Crippen LogP contribution in [0.15, 0.2) is 0 Å². The molecule has 3 aliphatic rings. The van der Waals surface area contributed by atoms with Crippen LogP contribution in [0.25, 0.3) is 0 Å². The van der Waals surface area contributed by atoms with Crippen molar-refractivity contribution < 1.29 is 4.74 Å². The van der Waals surface area contributed by atoms with Gasteiger partial charge in [0.2, 0.25) is 0 Å². The highest BCUT2D eigenvalue weighted by Gasteiger charge is 2.39. The van der Waals surface area contributed by atoms with Gasteiger partial charge < -0.3 is 10.1 Å². The van der Waals surface area contributed by atoms with E-state index in [9.17, 15) is 0 Å². The maximum Gasteiger partial charge on any atom is 0.0697 e. The predicted octanol–water partition coefficient (Wildman–Crippen LogP) is 2.62. The van der Waals surface area contributed by atoms with Gasteiger partial charge in [-0.15, -0.1) is 0 Å². The van der Waals surface area contributed by atoms with Gasteiger partial charge in [0.1, 0.15) is 0 Å². The molecule has 1 aliphatic heterocycles. The van der Waals surface area contributed by atoms with Gasteiger partial charge in [-0.1, -0.05) is 19.3 Å². The fraction of sp³-hybridized carbons (Fsp3) is 1.00. The third-order valence-corrected chi connectivity index (χ3v) is 4.31. The summed E-state index contributed by atoms with van der Waals surface area (Å²) in [6, 6.07) is 1.61. The van der Waals surface area contributed by atoms with Crippen LogP contribution < -0.4 is 5.32 Å². The van der Waals surface area contributed by atoms with Crippen molar-refractivity contribution in [3.05, 3.63) is 0 Å². The van der Waals surface area contributed by atoms with Gasteiger partial charge >= 0.3 is 0 Å². The van der Waals surface area contributed by atoms with Crippen molar-refractivity contribution in [2.75, 3.05) is 6.61 Å². The number of ether oxygens (including phenoxy) is 1. The van der Waals surface area contributed by atoms with E-state index in [0.717, 1.165) is 18.7 Å². The summed E-state index contributed by atoms with van der Waals surface area (Å²) < 4.78 is 6.10. The topological polar surface area (TPSA) is 21.3 Å². The van der Waals surface area contributed by atoms with Crippen LogP contribution in [0, 0.1) is 0 Å². The molecule has 15 heavy (non-hydrogen) atoms. The summed E-state index contributed by atoms with van der Waals surface area (Å²) >= 11 is 0. The SMILES string of the molecule is C1CCC2(CC1)CC(NC1CC1)CCO2. The first kappa shape index (κ1) is 10.1. The first-order valence-corrected chi connectivity index (χ1v) is 6.76. The van der Waals surface area contributed by atoms with Crippen molar-refractivity contribution in [2.24, 2.45) is 0 Å². The smallest absolute Gasteiger partial charge is 0.0697 e. The Balaban J connectivity index is 1.58.